The minimum Gasteiger partial charge on any atom is -0.480 e. The number of carboxylic acids is 1. The molecule has 0 spiro atoms. The second-order valence-corrected chi connectivity index (χ2v) is 7.10. The molecule has 1 fully saturated rings. The van der Waals surface area contributed by atoms with Gasteiger partial charge in [0.2, 0.25) is 0 Å². The number of aliphatic hydroxyl groups excluding tert-OH is 5. The normalized spacial score (nSPS) is 31.6. The smallest absolute Gasteiger partial charge is 0.322 e. The predicted molar refractivity (Wildman–Crippen MR) is 71.1 cm³/mol. The van der Waals surface area contributed by atoms with E-state index < -0.39 is 53.2 Å². The van der Waals surface area contributed by atoms with Crippen LogP contribution in [0, 0.1) is 0 Å². The van der Waals surface area contributed by atoms with Crippen LogP contribution in [-0.4, -0.2) is 83.8 Å². The molecular formula is C11H21NO7S. The van der Waals surface area contributed by atoms with Crippen molar-refractivity contribution in [3.63, 3.8) is 0 Å². The Morgan fingerprint density at radius 2 is 1.80 bits per heavy atom. The van der Waals surface area contributed by atoms with E-state index in [0.29, 0.717) is 0 Å². The van der Waals surface area contributed by atoms with Crippen molar-refractivity contribution in [1.29, 1.82) is 0 Å². The summed E-state index contributed by atoms with van der Waals surface area (Å²) in [6.07, 6.45) is -6.54. The number of nitrogens with one attached hydrogen (secondary N) is 1. The van der Waals surface area contributed by atoms with Crippen LogP contribution in [0.25, 0.3) is 0 Å². The first-order valence-electron chi connectivity index (χ1n) is 6.11. The number of hydrogen-bond acceptors (Lipinski definition) is 8. The van der Waals surface area contributed by atoms with Gasteiger partial charge in [-0.1, -0.05) is 0 Å². The standard InChI is InChI=1S/C11H21NO7S/c1-11(2)8(10(18)19)12-9(20-11)7(17)6(16)5(15)4(14)3-13/h4-9,12-17H,3H2,1-2H3,(H,18,19)/t4-,5+,6+,7-,8+,9?/m1/s1. The van der Waals surface area contributed by atoms with Gasteiger partial charge >= 0.3 is 5.97 Å². The molecule has 1 aliphatic rings. The van der Waals surface area contributed by atoms with Crippen molar-refractivity contribution >= 4 is 17.7 Å². The highest BCUT2D eigenvalue weighted by Gasteiger charge is 2.49. The average Bonchev–Trinajstić information content (AvgIpc) is 2.70. The quantitative estimate of drug-likeness (QED) is 0.278. The van der Waals surface area contributed by atoms with Crippen LogP contribution in [0.2, 0.25) is 0 Å². The molecule has 1 unspecified atom stereocenters. The van der Waals surface area contributed by atoms with E-state index in [-0.39, 0.29) is 0 Å². The number of carboxylic acid groups (broad SMARTS) is 1. The average molecular weight is 311 g/mol. The zero-order valence-corrected chi connectivity index (χ0v) is 12.0. The maximum atomic E-state index is 11.1. The molecule has 1 rings (SSSR count). The van der Waals surface area contributed by atoms with Crippen molar-refractivity contribution in [2.45, 2.75) is 54.4 Å². The number of carbonyl (C=O) groups is 1. The zero-order valence-electron chi connectivity index (χ0n) is 11.2. The summed E-state index contributed by atoms with van der Waals surface area (Å²) in [5.41, 5.74) is 0. The Morgan fingerprint density at radius 3 is 2.20 bits per heavy atom. The minimum atomic E-state index is -1.73. The van der Waals surface area contributed by atoms with E-state index in [1.165, 1.54) is 0 Å². The van der Waals surface area contributed by atoms with Crippen LogP contribution in [0.15, 0.2) is 0 Å². The third-order valence-electron chi connectivity index (χ3n) is 3.30. The fourth-order valence-corrected chi connectivity index (χ4v) is 3.51. The highest BCUT2D eigenvalue weighted by Crippen LogP contribution is 2.39. The molecule has 0 aromatic rings. The fourth-order valence-electron chi connectivity index (χ4n) is 2.05. The molecule has 0 radical (unpaired) electrons. The Kier molecular flexibility index (Phi) is 5.79. The molecule has 6 atom stereocenters. The van der Waals surface area contributed by atoms with Crippen molar-refractivity contribution in [3.8, 4) is 0 Å². The van der Waals surface area contributed by atoms with Gasteiger partial charge in [0.05, 0.1) is 12.0 Å². The molecule has 118 valence electrons. The molecule has 0 amide bonds. The second kappa shape index (κ2) is 6.56. The summed E-state index contributed by atoms with van der Waals surface area (Å²) < 4.78 is -0.711. The molecule has 1 aliphatic heterocycles. The third kappa shape index (κ3) is 3.61. The summed E-state index contributed by atoms with van der Waals surface area (Å²) in [6.45, 7) is 2.60. The Bertz CT molecular complexity index is 354. The molecule has 9 heteroatoms. The minimum absolute atomic E-state index is 0.711. The molecule has 20 heavy (non-hydrogen) atoms. The number of rotatable bonds is 6. The van der Waals surface area contributed by atoms with Crippen LogP contribution in [0.5, 0.6) is 0 Å². The van der Waals surface area contributed by atoms with E-state index in [4.69, 9.17) is 10.2 Å². The molecule has 0 saturated carbocycles. The molecule has 0 bridgehead atoms. The summed E-state index contributed by atoms with van der Waals surface area (Å²) in [5.74, 6) is -1.08. The first-order chi connectivity index (χ1) is 9.11. The molecule has 0 aliphatic carbocycles. The van der Waals surface area contributed by atoms with Gasteiger partial charge in [0, 0.05) is 4.75 Å². The monoisotopic (exact) mass is 311 g/mol. The van der Waals surface area contributed by atoms with Gasteiger partial charge in [-0.25, -0.2) is 0 Å². The lowest BCUT2D eigenvalue weighted by Crippen LogP contribution is -2.53. The predicted octanol–water partition coefficient (Wildman–Crippen LogP) is -2.68. The van der Waals surface area contributed by atoms with E-state index in [1.54, 1.807) is 13.8 Å². The first kappa shape index (κ1) is 17.6. The molecular weight excluding hydrogens is 290 g/mol. The van der Waals surface area contributed by atoms with E-state index in [1.807, 2.05) is 0 Å². The van der Waals surface area contributed by atoms with E-state index >= 15 is 0 Å². The van der Waals surface area contributed by atoms with Crippen molar-refractivity contribution in [2.24, 2.45) is 0 Å². The van der Waals surface area contributed by atoms with Crippen LogP contribution >= 0.6 is 11.8 Å². The Balaban J connectivity index is 2.74. The number of thioether (sulfide) groups is 1. The summed E-state index contributed by atoms with van der Waals surface area (Å²) in [4.78, 5) is 11.1. The Morgan fingerprint density at radius 1 is 1.25 bits per heavy atom. The number of aliphatic carboxylic acids is 1. The van der Waals surface area contributed by atoms with E-state index in [2.05, 4.69) is 5.32 Å². The molecule has 1 saturated heterocycles. The summed E-state index contributed by atoms with van der Waals surface area (Å²) in [7, 11) is 0. The summed E-state index contributed by atoms with van der Waals surface area (Å²) in [5, 5.41) is 58.2. The zero-order chi connectivity index (χ0) is 15.7. The lowest BCUT2D eigenvalue weighted by molar-refractivity contribution is -0.140. The molecule has 7 N–H and O–H groups in total. The van der Waals surface area contributed by atoms with Crippen LogP contribution in [-0.2, 0) is 4.79 Å². The molecule has 1 heterocycles. The summed E-state index contributed by atoms with van der Waals surface area (Å²) in [6, 6.07) is -0.917. The van der Waals surface area contributed by atoms with Crippen LogP contribution in [0.1, 0.15) is 13.8 Å². The van der Waals surface area contributed by atoms with Crippen LogP contribution in [0.4, 0.5) is 0 Å². The van der Waals surface area contributed by atoms with E-state index in [9.17, 15) is 25.2 Å². The van der Waals surface area contributed by atoms with Crippen molar-refractivity contribution in [3.05, 3.63) is 0 Å². The largest absolute Gasteiger partial charge is 0.480 e. The summed E-state index contributed by atoms with van der Waals surface area (Å²) >= 11 is 1.12. The fraction of sp³-hybridized carbons (Fsp3) is 0.909. The van der Waals surface area contributed by atoms with Gasteiger partial charge in [-0.2, -0.15) is 0 Å². The first-order valence-corrected chi connectivity index (χ1v) is 6.99. The topological polar surface area (TPSA) is 150 Å². The van der Waals surface area contributed by atoms with Gasteiger partial charge in [-0.15, -0.1) is 11.8 Å². The van der Waals surface area contributed by atoms with Crippen LogP contribution < -0.4 is 5.32 Å². The van der Waals surface area contributed by atoms with Gasteiger partial charge in [0.1, 0.15) is 30.5 Å². The van der Waals surface area contributed by atoms with Gasteiger partial charge in [-0.3, -0.25) is 10.1 Å². The van der Waals surface area contributed by atoms with E-state index in [0.717, 1.165) is 11.8 Å². The van der Waals surface area contributed by atoms with Crippen molar-refractivity contribution in [1.82, 2.24) is 5.32 Å². The Hall–Kier alpha value is -0.420. The Labute approximate surface area is 120 Å². The van der Waals surface area contributed by atoms with Crippen molar-refractivity contribution < 1.29 is 35.4 Å². The molecule has 8 nitrogen and oxygen atoms in total. The second-order valence-electron chi connectivity index (χ2n) is 5.30. The van der Waals surface area contributed by atoms with Crippen molar-refractivity contribution in [2.75, 3.05) is 6.61 Å². The van der Waals surface area contributed by atoms with Gasteiger partial charge in [-0.05, 0) is 13.8 Å². The van der Waals surface area contributed by atoms with Gasteiger partial charge in [0.15, 0.2) is 0 Å². The highest BCUT2D eigenvalue weighted by molar-refractivity contribution is 8.01. The maximum Gasteiger partial charge on any atom is 0.322 e. The molecule has 0 aromatic carbocycles. The maximum absolute atomic E-state index is 11.1. The van der Waals surface area contributed by atoms with Gasteiger partial charge < -0.3 is 30.6 Å². The highest BCUT2D eigenvalue weighted by atomic mass is 32.2. The lowest BCUT2D eigenvalue weighted by Gasteiger charge is -2.29. The third-order valence-corrected chi connectivity index (χ3v) is 4.81. The number of hydrogen-bond donors (Lipinski definition) is 7. The lowest BCUT2D eigenvalue weighted by atomic mass is 10.0. The van der Waals surface area contributed by atoms with Crippen LogP contribution in [0.3, 0.4) is 0 Å². The SMILES string of the molecule is CC1(C)SC([C@H](O)[C@@H](O)[C@@H](O)[C@H](O)CO)N[C@H]1C(=O)O. The number of aliphatic hydroxyl groups is 5. The van der Waals surface area contributed by atoms with Gasteiger partial charge in [0.25, 0.3) is 0 Å². The molecule has 0 aromatic heterocycles.